The van der Waals surface area contributed by atoms with Gasteiger partial charge in [0.25, 0.3) is 0 Å². The van der Waals surface area contributed by atoms with Gasteiger partial charge in [0.1, 0.15) is 0 Å². The summed E-state index contributed by atoms with van der Waals surface area (Å²) in [6, 6.07) is 2.11. The topological polar surface area (TPSA) is 35.5 Å². The van der Waals surface area contributed by atoms with Gasteiger partial charge in [-0.3, -0.25) is 0 Å². The Kier molecular flexibility index (Phi) is 3.01. The van der Waals surface area contributed by atoms with Crippen LogP contribution in [-0.2, 0) is 4.74 Å². The van der Waals surface area contributed by atoms with Gasteiger partial charge in [-0.05, 0) is 24.6 Å². The number of benzene rings is 1. The third-order valence-corrected chi connectivity index (χ3v) is 1.49. The summed E-state index contributed by atoms with van der Waals surface area (Å²) < 4.78 is 34.4. The van der Waals surface area contributed by atoms with Gasteiger partial charge in [0.05, 0.1) is 7.11 Å². The average Bonchev–Trinajstić information content (AvgIpc) is 2.10. The van der Waals surface area contributed by atoms with Crippen LogP contribution in [0.2, 0.25) is 0 Å². The Hall–Kier alpha value is -1.65. The minimum absolute atomic E-state index is 0.400. The highest BCUT2D eigenvalue weighted by Gasteiger charge is 2.15. The highest BCUT2D eigenvalue weighted by molar-refractivity contribution is 5.63. The Morgan fingerprint density at radius 1 is 1.29 bits per heavy atom. The fraction of sp³-hybridized carbons (Fsp3) is 0.222. The maximum absolute atomic E-state index is 13.0. The van der Waals surface area contributed by atoms with Gasteiger partial charge in [0, 0.05) is 0 Å². The molecule has 0 spiro atoms. The highest BCUT2D eigenvalue weighted by atomic mass is 19.1. The van der Waals surface area contributed by atoms with Gasteiger partial charge < -0.3 is 9.47 Å². The van der Waals surface area contributed by atoms with Crippen molar-refractivity contribution in [3.05, 3.63) is 29.3 Å². The number of ether oxygens (including phenoxy) is 2. The van der Waals surface area contributed by atoms with Crippen LogP contribution in [0.3, 0.4) is 0 Å². The van der Waals surface area contributed by atoms with E-state index in [0.29, 0.717) is 5.56 Å². The molecule has 0 N–H and O–H groups in total. The Bertz CT molecular complexity index is 340. The van der Waals surface area contributed by atoms with E-state index >= 15 is 0 Å². The molecule has 0 saturated carbocycles. The van der Waals surface area contributed by atoms with Crippen LogP contribution in [0.4, 0.5) is 13.6 Å². The maximum atomic E-state index is 13.0. The molecule has 0 aliphatic rings. The fourth-order valence-electron chi connectivity index (χ4n) is 0.909. The molecule has 1 rings (SSSR count). The number of hydrogen-bond acceptors (Lipinski definition) is 3. The molecule has 14 heavy (non-hydrogen) atoms. The lowest BCUT2D eigenvalue weighted by molar-refractivity contribution is 0.117. The van der Waals surface area contributed by atoms with Crippen LogP contribution in [0.5, 0.6) is 5.75 Å². The number of aryl methyl sites for hydroxylation is 1. The van der Waals surface area contributed by atoms with Crippen LogP contribution >= 0.6 is 0 Å². The van der Waals surface area contributed by atoms with Crippen molar-refractivity contribution in [2.45, 2.75) is 6.92 Å². The Labute approximate surface area is 79.2 Å². The SMILES string of the molecule is COC(=O)Oc1c(F)cc(C)cc1F. The Morgan fingerprint density at radius 3 is 2.21 bits per heavy atom. The first-order valence-electron chi connectivity index (χ1n) is 3.76. The second-order valence-corrected chi connectivity index (χ2v) is 2.61. The van der Waals surface area contributed by atoms with Crippen LogP contribution in [0.15, 0.2) is 12.1 Å². The first-order valence-corrected chi connectivity index (χ1v) is 3.76. The summed E-state index contributed by atoms with van der Waals surface area (Å²) in [5, 5.41) is 0. The van der Waals surface area contributed by atoms with E-state index in [0.717, 1.165) is 19.2 Å². The monoisotopic (exact) mass is 202 g/mol. The molecule has 0 bridgehead atoms. The molecule has 0 saturated heterocycles. The number of carbonyl (C=O) groups is 1. The lowest BCUT2D eigenvalue weighted by atomic mass is 10.2. The third-order valence-electron chi connectivity index (χ3n) is 1.49. The van der Waals surface area contributed by atoms with E-state index in [-0.39, 0.29) is 0 Å². The van der Waals surface area contributed by atoms with Crippen molar-refractivity contribution in [1.82, 2.24) is 0 Å². The van der Waals surface area contributed by atoms with Crippen LogP contribution in [0.25, 0.3) is 0 Å². The van der Waals surface area contributed by atoms with Crippen molar-refractivity contribution >= 4 is 6.16 Å². The van der Waals surface area contributed by atoms with Crippen LogP contribution in [-0.4, -0.2) is 13.3 Å². The van der Waals surface area contributed by atoms with E-state index in [4.69, 9.17) is 0 Å². The molecule has 1 aromatic carbocycles. The number of hydrogen-bond donors (Lipinski definition) is 0. The number of carbonyl (C=O) groups excluding carboxylic acids is 1. The first kappa shape index (κ1) is 10.4. The molecule has 0 fully saturated rings. The molecule has 0 heterocycles. The number of halogens is 2. The zero-order valence-corrected chi connectivity index (χ0v) is 7.64. The van der Waals surface area contributed by atoms with Crippen molar-refractivity contribution in [3.63, 3.8) is 0 Å². The average molecular weight is 202 g/mol. The molecule has 5 heteroatoms. The van der Waals surface area contributed by atoms with Crippen molar-refractivity contribution < 1.29 is 23.0 Å². The van der Waals surface area contributed by atoms with Gasteiger partial charge in [-0.25, -0.2) is 13.6 Å². The highest BCUT2D eigenvalue weighted by Crippen LogP contribution is 2.23. The zero-order valence-electron chi connectivity index (χ0n) is 7.64. The lowest BCUT2D eigenvalue weighted by Crippen LogP contribution is -2.10. The van der Waals surface area contributed by atoms with Crippen LogP contribution in [0, 0.1) is 18.6 Å². The normalized spacial score (nSPS) is 9.71. The predicted octanol–water partition coefficient (Wildman–Crippen LogP) is 2.42. The fourth-order valence-corrected chi connectivity index (χ4v) is 0.909. The quantitative estimate of drug-likeness (QED) is 0.518. The van der Waals surface area contributed by atoms with E-state index in [2.05, 4.69) is 9.47 Å². The van der Waals surface area contributed by atoms with E-state index in [1.807, 2.05) is 0 Å². The van der Waals surface area contributed by atoms with Gasteiger partial charge in [-0.1, -0.05) is 0 Å². The predicted molar refractivity (Wildman–Crippen MR) is 44.1 cm³/mol. The van der Waals surface area contributed by atoms with Gasteiger partial charge in [0.15, 0.2) is 11.6 Å². The standard InChI is InChI=1S/C9H8F2O3/c1-5-3-6(10)8(7(11)4-5)14-9(12)13-2/h3-4H,1-2H3. The zero-order chi connectivity index (χ0) is 10.7. The Morgan fingerprint density at radius 2 is 1.79 bits per heavy atom. The molecule has 76 valence electrons. The van der Waals surface area contributed by atoms with E-state index < -0.39 is 23.5 Å². The maximum Gasteiger partial charge on any atom is 0.513 e. The molecule has 0 aromatic heterocycles. The van der Waals surface area contributed by atoms with Gasteiger partial charge in [-0.15, -0.1) is 0 Å². The summed E-state index contributed by atoms with van der Waals surface area (Å²) in [7, 11) is 1.05. The molecule has 0 amide bonds. The first-order chi connectivity index (χ1) is 6.54. The minimum Gasteiger partial charge on any atom is -0.437 e. The molecule has 0 unspecified atom stereocenters. The van der Waals surface area contributed by atoms with E-state index in [1.165, 1.54) is 6.92 Å². The largest absolute Gasteiger partial charge is 0.513 e. The summed E-state index contributed by atoms with van der Waals surface area (Å²) in [4.78, 5) is 10.6. The molecule has 3 nitrogen and oxygen atoms in total. The van der Waals surface area contributed by atoms with Crippen LogP contribution < -0.4 is 4.74 Å². The molecular formula is C9H8F2O3. The van der Waals surface area contributed by atoms with Crippen molar-refractivity contribution in [2.75, 3.05) is 7.11 Å². The van der Waals surface area contributed by atoms with Crippen LogP contribution in [0.1, 0.15) is 5.56 Å². The molecule has 0 radical (unpaired) electrons. The molecular weight excluding hydrogens is 194 g/mol. The van der Waals surface area contributed by atoms with Gasteiger partial charge in [-0.2, -0.15) is 0 Å². The van der Waals surface area contributed by atoms with Crippen molar-refractivity contribution in [2.24, 2.45) is 0 Å². The second-order valence-electron chi connectivity index (χ2n) is 2.61. The smallest absolute Gasteiger partial charge is 0.437 e. The molecule has 1 aromatic rings. The van der Waals surface area contributed by atoms with E-state index in [1.54, 1.807) is 0 Å². The number of methoxy groups -OCH3 is 1. The summed E-state index contributed by atoms with van der Waals surface area (Å²) in [5.74, 6) is -2.62. The third kappa shape index (κ3) is 2.18. The summed E-state index contributed by atoms with van der Waals surface area (Å²) in [5.41, 5.74) is 0.400. The van der Waals surface area contributed by atoms with Crippen molar-refractivity contribution in [1.29, 1.82) is 0 Å². The number of rotatable bonds is 1. The van der Waals surface area contributed by atoms with Gasteiger partial charge in [0.2, 0.25) is 5.75 Å². The lowest BCUT2D eigenvalue weighted by Gasteiger charge is -2.05. The summed E-state index contributed by atoms with van der Waals surface area (Å²) in [6.07, 6.45) is -1.16. The Balaban J connectivity index is 3.02. The summed E-state index contributed by atoms with van der Waals surface area (Å²) in [6.45, 7) is 1.52. The van der Waals surface area contributed by atoms with E-state index in [9.17, 15) is 13.6 Å². The summed E-state index contributed by atoms with van der Waals surface area (Å²) >= 11 is 0. The molecule has 0 aliphatic heterocycles. The molecule has 0 aliphatic carbocycles. The minimum atomic E-state index is -1.16. The second kappa shape index (κ2) is 4.04. The molecule has 0 atom stereocenters. The van der Waals surface area contributed by atoms with Crippen molar-refractivity contribution in [3.8, 4) is 5.75 Å². The van der Waals surface area contributed by atoms with Gasteiger partial charge >= 0.3 is 6.16 Å².